The van der Waals surface area contributed by atoms with E-state index in [1.54, 1.807) is 7.11 Å². The predicted molar refractivity (Wildman–Crippen MR) is 61.0 cm³/mol. The number of methoxy groups -OCH3 is 1. The molecular weight excluding hydrogens is 214 g/mol. The number of benzene rings is 1. The number of hydrogen-bond donors (Lipinski definition) is 2. The number of aliphatic hydroxyl groups is 1. The molecule has 84 valence electrons. The molecule has 0 spiro atoms. The number of aliphatic hydroxyl groups excluding tert-OH is 1. The van der Waals surface area contributed by atoms with Crippen molar-refractivity contribution < 1.29 is 9.84 Å². The molecule has 0 aromatic heterocycles. The average molecular weight is 230 g/mol. The van der Waals surface area contributed by atoms with E-state index in [0.29, 0.717) is 13.2 Å². The Labute approximate surface area is 95.0 Å². The van der Waals surface area contributed by atoms with Crippen molar-refractivity contribution in [3.63, 3.8) is 0 Å². The average Bonchev–Trinajstić information content (AvgIpc) is 2.24. The summed E-state index contributed by atoms with van der Waals surface area (Å²) in [6, 6.07) is 7.59. The summed E-state index contributed by atoms with van der Waals surface area (Å²) < 4.78 is 4.96. The van der Waals surface area contributed by atoms with Gasteiger partial charge in [-0.3, -0.25) is 0 Å². The lowest BCUT2D eigenvalue weighted by Gasteiger charge is -2.15. The number of hydrogen-bond acceptors (Lipinski definition) is 3. The molecule has 0 amide bonds. The lowest BCUT2D eigenvalue weighted by atomic mass is 10.2. The van der Waals surface area contributed by atoms with E-state index < -0.39 is 0 Å². The quantitative estimate of drug-likeness (QED) is 0.776. The van der Waals surface area contributed by atoms with Crippen molar-refractivity contribution in [3.8, 4) is 0 Å². The van der Waals surface area contributed by atoms with E-state index in [1.165, 1.54) is 0 Å². The standard InChI is InChI=1S/C11H16ClNO2/c1-15-8-11(7-14)13-6-9-3-2-4-10(12)5-9/h2-5,11,13-14H,6-8H2,1H3. The van der Waals surface area contributed by atoms with Crippen molar-refractivity contribution in [2.75, 3.05) is 20.3 Å². The van der Waals surface area contributed by atoms with Gasteiger partial charge in [0, 0.05) is 18.7 Å². The van der Waals surface area contributed by atoms with E-state index in [0.717, 1.165) is 10.6 Å². The third kappa shape index (κ3) is 4.62. The van der Waals surface area contributed by atoms with Crippen LogP contribution in [0.4, 0.5) is 0 Å². The summed E-state index contributed by atoms with van der Waals surface area (Å²) in [6.45, 7) is 1.24. The number of rotatable bonds is 6. The molecule has 0 heterocycles. The van der Waals surface area contributed by atoms with Crippen LogP contribution in [0.3, 0.4) is 0 Å². The van der Waals surface area contributed by atoms with Crippen molar-refractivity contribution in [2.45, 2.75) is 12.6 Å². The van der Waals surface area contributed by atoms with Crippen LogP contribution in [0, 0.1) is 0 Å². The largest absolute Gasteiger partial charge is 0.395 e. The van der Waals surface area contributed by atoms with E-state index in [1.807, 2.05) is 24.3 Å². The maximum Gasteiger partial charge on any atom is 0.0638 e. The molecule has 1 rings (SSSR count). The highest BCUT2D eigenvalue weighted by atomic mass is 35.5. The minimum atomic E-state index is -0.0334. The number of halogens is 1. The van der Waals surface area contributed by atoms with Crippen molar-refractivity contribution >= 4 is 11.6 Å². The van der Waals surface area contributed by atoms with E-state index >= 15 is 0 Å². The van der Waals surface area contributed by atoms with Crippen LogP contribution in [0.25, 0.3) is 0 Å². The Bertz CT molecular complexity index is 294. The van der Waals surface area contributed by atoms with Crippen LogP contribution in [0.1, 0.15) is 5.56 Å². The van der Waals surface area contributed by atoms with Gasteiger partial charge in [0.1, 0.15) is 0 Å². The first-order valence-electron chi connectivity index (χ1n) is 4.84. The Hall–Kier alpha value is -0.610. The van der Waals surface area contributed by atoms with Gasteiger partial charge in [-0.05, 0) is 17.7 Å². The highest BCUT2D eigenvalue weighted by Crippen LogP contribution is 2.10. The zero-order valence-electron chi connectivity index (χ0n) is 8.74. The summed E-state index contributed by atoms with van der Waals surface area (Å²) in [5, 5.41) is 12.9. The third-order valence-electron chi connectivity index (χ3n) is 2.07. The maximum absolute atomic E-state index is 9.02. The Morgan fingerprint density at radius 1 is 1.53 bits per heavy atom. The van der Waals surface area contributed by atoms with E-state index in [2.05, 4.69) is 5.32 Å². The summed E-state index contributed by atoms with van der Waals surface area (Å²) in [5.41, 5.74) is 1.09. The van der Waals surface area contributed by atoms with Gasteiger partial charge in [-0.25, -0.2) is 0 Å². The van der Waals surface area contributed by atoms with Gasteiger partial charge in [-0.1, -0.05) is 23.7 Å². The Balaban J connectivity index is 2.41. The molecule has 1 aromatic carbocycles. The van der Waals surface area contributed by atoms with Crippen molar-refractivity contribution in [1.29, 1.82) is 0 Å². The third-order valence-corrected chi connectivity index (χ3v) is 2.31. The Morgan fingerprint density at radius 2 is 2.33 bits per heavy atom. The SMILES string of the molecule is COCC(CO)NCc1cccc(Cl)c1. The fraction of sp³-hybridized carbons (Fsp3) is 0.455. The van der Waals surface area contributed by atoms with Crippen LogP contribution < -0.4 is 5.32 Å². The molecule has 0 aliphatic carbocycles. The molecule has 0 fully saturated rings. The van der Waals surface area contributed by atoms with Gasteiger partial charge in [0.15, 0.2) is 0 Å². The minimum Gasteiger partial charge on any atom is -0.395 e. The van der Waals surface area contributed by atoms with Crippen LogP contribution >= 0.6 is 11.6 Å². The second-order valence-electron chi connectivity index (χ2n) is 3.35. The molecule has 0 bridgehead atoms. The van der Waals surface area contributed by atoms with E-state index in [9.17, 15) is 0 Å². The van der Waals surface area contributed by atoms with Crippen LogP contribution in [-0.2, 0) is 11.3 Å². The molecule has 15 heavy (non-hydrogen) atoms. The molecule has 1 unspecified atom stereocenters. The second-order valence-corrected chi connectivity index (χ2v) is 3.78. The van der Waals surface area contributed by atoms with Gasteiger partial charge in [-0.15, -0.1) is 0 Å². The zero-order chi connectivity index (χ0) is 11.1. The van der Waals surface area contributed by atoms with Gasteiger partial charge in [0.2, 0.25) is 0 Å². The molecule has 4 heteroatoms. The summed E-state index contributed by atoms with van der Waals surface area (Å²) in [6.07, 6.45) is 0. The molecule has 0 radical (unpaired) electrons. The fourth-order valence-corrected chi connectivity index (χ4v) is 1.50. The monoisotopic (exact) mass is 229 g/mol. The molecule has 1 aromatic rings. The van der Waals surface area contributed by atoms with Crippen molar-refractivity contribution in [3.05, 3.63) is 34.9 Å². The van der Waals surface area contributed by atoms with E-state index in [4.69, 9.17) is 21.4 Å². The van der Waals surface area contributed by atoms with Crippen molar-refractivity contribution in [2.24, 2.45) is 0 Å². The summed E-state index contributed by atoms with van der Waals surface area (Å²) in [4.78, 5) is 0. The molecule has 0 aliphatic rings. The van der Waals surface area contributed by atoms with Gasteiger partial charge >= 0.3 is 0 Å². The minimum absolute atomic E-state index is 0.0334. The Kier molecular flexibility index (Phi) is 5.65. The summed E-state index contributed by atoms with van der Waals surface area (Å²) >= 11 is 5.85. The van der Waals surface area contributed by atoms with Crippen LogP contribution in [-0.4, -0.2) is 31.5 Å². The first kappa shape index (κ1) is 12.5. The zero-order valence-corrected chi connectivity index (χ0v) is 9.50. The van der Waals surface area contributed by atoms with Gasteiger partial charge in [0.25, 0.3) is 0 Å². The molecule has 0 saturated carbocycles. The lowest BCUT2D eigenvalue weighted by molar-refractivity contribution is 0.128. The summed E-state index contributed by atoms with van der Waals surface area (Å²) in [5.74, 6) is 0. The topological polar surface area (TPSA) is 41.5 Å². The Morgan fingerprint density at radius 3 is 2.93 bits per heavy atom. The molecule has 1 atom stereocenters. The fourth-order valence-electron chi connectivity index (χ4n) is 1.29. The lowest BCUT2D eigenvalue weighted by Crippen LogP contribution is -2.35. The van der Waals surface area contributed by atoms with Crippen molar-refractivity contribution in [1.82, 2.24) is 5.32 Å². The highest BCUT2D eigenvalue weighted by Gasteiger charge is 2.05. The molecule has 0 saturated heterocycles. The normalized spacial score (nSPS) is 12.7. The predicted octanol–water partition coefficient (Wildman–Crippen LogP) is 1.44. The van der Waals surface area contributed by atoms with Crippen LogP contribution in [0.5, 0.6) is 0 Å². The van der Waals surface area contributed by atoms with Crippen LogP contribution in [0.15, 0.2) is 24.3 Å². The number of nitrogens with one attached hydrogen (secondary N) is 1. The first-order valence-corrected chi connectivity index (χ1v) is 5.21. The van der Waals surface area contributed by atoms with Gasteiger partial charge in [-0.2, -0.15) is 0 Å². The number of ether oxygens (including phenoxy) is 1. The molecule has 3 nitrogen and oxygen atoms in total. The van der Waals surface area contributed by atoms with E-state index in [-0.39, 0.29) is 12.6 Å². The molecular formula is C11H16ClNO2. The first-order chi connectivity index (χ1) is 7.26. The van der Waals surface area contributed by atoms with Gasteiger partial charge < -0.3 is 15.2 Å². The maximum atomic E-state index is 9.02. The van der Waals surface area contributed by atoms with Crippen LogP contribution in [0.2, 0.25) is 5.02 Å². The van der Waals surface area contributed by atoms with Gasteiger partial charge in [0.05, 0.1) is 19.3 Å². The molecule has 0 aliphatic heterocycles. The second kappa shape index (κ2) is 6.80. The highest BCUT2D eigenvalue weighted by molar-refractivity contribution is 6.30. The summed E-state index contributed by atoms with van der Waals surface area (Å²) in [7, 11) is 1.61. The molecule has 2 N–H and O–H groups in total. The smallest absolute Gasteiger partial charge is 0.0638 e.